The van der Waals surface area contributed by atoms with Gasteiger partial charge in [-0.25, -0.2) is 4.39 Å². The van der Waals surface area contributed by atoms with E-state index in [9.17, 15) is 14.3 Å². The van der Waals surface area contributed by atoms with E-state index in [4.69, 9.17) is 11.6 Å². The molecule has 1 unspecified atom stereocenters. The quantitative estimate of drug-likeness (QED) is 0.914. The highest BCUT2D eigenvalue weighted by molar-refractivity contribution is 6.31. The largest absolute Gasteiger partial charge is 0.390 e. The van der Waals surface area contributed by atoms with E-state index in [0.717, 1.165) is 44.2 Å². The third-order valence-electron chi connectivity index (χ3n) is 5.31. The highest BCUT2D eigenvalue weighted by Gasteiger charge is 2.39. The maximum Gasteiger partial charge on any atom is 0.226 e. The standard InChI is InChI=1S/C18H23ClFNO2/c1-18(23)7-4-15(5-8-18)21-9-6-13(17(21)22)10-12-2-3-14(20)11-16(12)19/h2-3,11,13,15,23H,4-10H2,1H3. The van der Waals surface area contributed by atoms with Crippen LogP contribution in [0.5, 0.6) is 0 Å². The molecule has 0 radical (unpaired) electrons. The average molecular weight is 340 g/mol. The second-order valence-corrected chi connectivity index (χ2v) is 7.59. The lowest BCUT2D eigenvalue weighted by Gasteiger charge is -2.37. The van der Waals surface area contributed by atoms with Crippen molar-refractivity contribution < 1.29 is 14.3 Å². The number of carbonyl (C=O) groups excluding carboxylic acids is 1. The fourth-order valence-electron chi connectivity index (χ4n) is 3.80. The van der Waals surface area contributed by atoms with Crippen LogP contribution in [-0.2, 0) is 11.2 Å². The summed E-state index contributed by atoms with van der Waals surface area (Å²) in [4.78, 5) is 14.7. The van der Waals surface area contributed by atoms with Crippen molar-refractivity contribution >= 4 is 17.5 Å². The Morgan fingerprint density at radius 3 is 2.70 bits per heavy atom. The van der Waals surface area contributed by atoms with E-state index in [-0.39, 0.29) is 23.7 Å². The molecule has 1 N–H and O–H groups in total. The molecule has 1 heterocycles. The maximum atomic E-state index is 13.1. The van der Waals surface area contributed by atoms with Gasteiger partial charge in [-0.1, -0.05) is 17.7 Å². The fraction of sp³-hybridized carbons (Fsp3) is 0.611. The number of benzene rings is 1. The van der Waals surface area contributed by atoms with Crippen molar-refractivity contribution in [3.63, 3.8) is 0 Å². The summed E-state index contributed by atoms with van der Waals surface area (Å²) < 4.78 is 13.1. The van der Waals surface area contributed by atoms with Crippen LogP contribution in [-0.4, -0.2) is 34.1 Å². The van der Waals surface area contributed by atoms with Gasteiger partial charge >= 0.3 is 0 Å². The minimum absolute atomic E-state index is 0.0691. The number of likely N-dealkylation sites (tertiary alicyclic amines) is 1. The van der Waals surface area contributed by atoms with Crippen LogP contribution in [0.3, 0.4) is 0 Å². The summed E-state index contributed by atoms with van der Waals surface area (Å²) in [5.74, 6) is -0.246. The van der Waals surface area contributed by atoms with Crippen molar-refractivity contribution in [3.8, 4) is 0 Å². The molecule has 0 bridgehead atoms. The topological polar surface area (TPSA) is 40.5 Å². The summed E-state index contributed by atoms with van der Waals surface area (Å²) in [5, 5.41) is 10.4. The normalized spacial score (nSPS) is 31.7. The Labute approximate surface area is 141 Å². The third kappa shape index (κ3) is 3.69. The van der Waals surface area contributed by atoms with Gasteiger partial charge in [0.25, 0.3) is 0 Å². The van der Waals surface area contributed by atoms with E-state index in [1.807, 2.05) is 11.8 Å². The highest BCUT2D eigenvalue weighted by atomic mass is 35.5. The van der Waals surface area contributed by atoms with Gasteiger partial charge in [0.1, 0.15) is 5.82 Å². The van der Waals surface area contributed by atoms with Crippen molar-refractivity contribution in [2.24, 2.45) is 5.92 Å². The van der Waals surface area contributed by atoms with Gasteiger partial charge < -0.3 is 10.0 Å². The molecule has 126 valence electrons. The summed E-state index contributed by atoms with van der Waals surface area (Å²) >= 11 is 6.08. The second kappa shape index (κ2) is 6.40. The Bertz CT molecular complexity index is 595. The molecular formula is C18H23ClFNO2. The van der Waals surface area contributed by atoms with Crippen LogP contribution in [0.1, 0.15) is 44.6 Å². The molecule has 1 amide bonds. The van der Waals surface area contributed by atoms with Crippen LogP contribution < -0.4 is 0 Å². The van der Waals surface area contributed by atoms with Gasteiger partial charge in [0.15, 0.2) is 0 Å². The molecule has 0 spiro atoms. The maximum absolute atomic E-state index is 13.1. The average Bonchev–Trinajstić information content (AvgIpc) is 2.83. The third-order valence-corrected chi connectivity index (χ3v) is 5.66. The number of carbonyl (C=O) groups is 1. The number of hydrogen-bond acceptors (Lipinski definition) is 2. The van der Waals surface area contributed by atoms with Crippen LogP contribution in [0.4, 0.5) is 4.39 Å². The zero-order valence-electron chi connectivity index (χ0n) is 13.4. The summed E-state index contributed by atoms with van der Waals surface area (Å²) in [6.07, 6.45) is 4.61. The van der Waals surface area contributed by atoms with Gasteiger partial charge in [-0.15, -0.1) is 0 Å². The van der Waals surface area contributed by atoms with Gasteiger partial charge in [0.2, 0.25) is 5.91 Å². The number of aliphatic hydroxyl groups is 1. The molecule has 1 saturated carbocycles. The molecule has 2 fully saturated rings. The first-order valence-corrected chi connectivity index (χ1v) is 8.70. The van der Waals surface area contributed by atoms with E-state index in [1.165, 1.54) is 12.1 Å². The summed E-state index contributed by atoms with van der Waals surface area (Å²) in [6.45, 7) is 2.64. The van der Waals surface area contributed by atoms with Gasteiger partial charge in [-0.2, -0.15) is 0 Å². The molecule has 5 heteroatoms. The molecule has 1 atom stereocenters. The molecule has 0 aromatic heterocycles. The highest BCUT2D eigenvalue weighted by Crippen LogP contribution is 2.34. The van der Waals surface area contributed by atoms with Crippen molar-refractivity contribution in [2.75, 3.05) is 6.54 Å². The van der Waals surface area contributed by atoms with Crippen molar-refractivity contribution in [1.82, 2.24) is 4.90 Å². The lowest BCUT2D eigenvalue weighted by molar-refractivity contribution is -0.134. The Morgan fingerprint density at radius 1 is 1.35 bits per heavy atom. The van der Waals surface area contributed by atoms with Crippen molar-refractivity contribution in [1.29, 1.82) is 0 Å². The Hall–Kier alpha value is -1.13. The lowest BCUT2D eigenvalue weighted by Crippen LogP contribution is -2.43. The molecule has 23 heavy (non-hydrogen) atoms. The number of amides is 1. The molecule has 3 rings (SSSR count). The number of rotatable bonds is 3. The Kier molecular flexibility index (Phi) is 4.65. The smallest absolute Gasteiger partial charge is 0.226 e. The molecule has 1 aromatic carbocycles. The van der Waals surface area contributed by atoms with Crippen LogP contribution in [0.15, 0.2) is 18.2 Å². The first-order chi connectivity index (χ1) is 10.9. The zero-order chi connectivity index (χ0) is 16.6. The molecule has 3 nitrogen and oxygen atoms in total. The zero-order valence-corrected chi connectivity index (χ0v) is 14.2. The van der Waals surface area contributed by atoms with Crippen molar-refractivity contribution in [3.05, 3.63) is 34.6 Å². The van der Waals surface area contributed by atoms with E-state index in [0.29, 0.717) is 11.4 Å². The van der Waals surface area contributed by atoms with E-state index in [2.05, 4.69) is 0 Å². The van der Waals surface area contributed by atoms with Gasteiger partial charge in [0.05, 0.1) is 5.60 Å². The minimum atomic E-state index is -0.583. The molecule has 1 aliphatic carbocycles. The van der Waals surface area contributed by atoms with Crippen LogP contribution in [0.2, 0.25) is 5.02 Å². The first-order valence-electron chi connectivity index (χ1n) is 8.32. The van der Waals surface area contributed by atoms with E-state index in [1.54, 1.807) is 6.07 Å². The SMILES string of the molecule is CC1(O)CCC(N2CCC(Cc3ccc(F)cc3Cl)C2=O)CC1. The predicted molar refractivity (Wildman–Crippen MR) is 87.8 cm³/mol. The minimum Gasteiger partial charge on any atom is -0.390 e. The molecular weight excluding hydrogens is 317 g/mol. The molecule has 2 aliphatic rings. The van der Waals surface area contributed by atoms with Crippen molar-refractivity contribution in [2.45, 2.75) is 57.1 Å². The van der Waals surface area contributed by atoms with E-state index >= 15 is 0 Å². The number of halogens is 2. The van der Waals surface area contributed by atoms with Gasteiger partial charge in [-0.05, 0) is 63.1 Å². The van der Waals surface area contributed by atoms with Gasteiger partial charge in [0, 0.05) is 23.5 Å². The second-order valence-electron chi connectivity index (χ2n) is 7.19. The number of nitrogens with zero attached hydrogens (tertiary/aromatic N) is 1. The lowest BCUT2D eigenvalue weighted by atomic mass is 9.83. The summed E-state index contributed by atoms with van der Waals surface area (Å²) in [6, 6.07) is 4.61. The van der Waals surface area contributed by atoms with Crippen LogP contribution >= 0.6 is 11.6 Å². The van der Waals surface area contributed by atoms with Crippen LogP contribution in [0, 0.1) is 11.7 Å². The fourth-order valence-corrected chi connectivity index (χ4v) is 4.05. The molecule has 1 aliphatic heterocycles. The molecule has 1 saturated heterocycles. The summed E-state index contributed by atoms with van der Waals surface area (Å²) in [7, 11) is 0. The summed E-state index contributed by atoms with van der Waals surface area (Å²) in [5.41, 5.74) is 0.250. The van der Waals surface area contributed by atoms with Gasteiger partial charge in [-0.3, -0.25) is 4.79 Å². The molecule has 1 aromatic rings. The first kappa shape index (κ1) is 16.7. The van der Waals surface area contributed by atoms with E-state index < -0.39 is 5.60 Å². The number of hydrogen-bond donors (Lipinski definition) is 1. The van der Waals surface area contributed by atoms with Crippen LogP contribution in [0.25, 0.3) is 0 Å². The predicted octanol–water partition coefficient (Wildman–Crippen LogP) is 3.56. The monoisotopic (exact) mass is 339 g/mol. The Morgan fingerprint density at radius 2 is 2.04 bits per heavy atom. The Balaban J connectivity index is 1.63.